The molecule has 2 bridgehead atoms. The Balaban J connectivity index is 1.58. The Morgan fingerprint density at radius 2 is 2.00 bits per heavy atom. The van der Waals surface area contributed by atoms with Crippen LogP contribution in [0, 0.1) is 5.92 Å². The molecule has 1 saturated carbocycles. The van der Waals surface area contributed by atoms with E-state index in [-0.39, 0.29) is 10.9 Å². The van der Waals surface area contributed by atoms with Crippen LogP contribution in [0.25, 0.3) is 0 Å². The van der Waals surface area contributed by atoms with E-state index in [9.17, 15) is 8.42 Å². The van der Waals surface area contributed by atoms with E-state index >= 15 is 0 Å². The number of hydrogen-bond acceptors (Lipinski definition) is 4. The van der Waals surface area contributed by atoms with Crippen LogP contribution in [0.5, 0.6) is 0 Å². The highest BCUT2D eigenvalue weighted by atomic mass is 32.2. The molecule has 1 aromatic heterocycles. The van der Waals surface area contributed by atoms with E-state index in [1.807, 2.05) is 22.8 Å². The molecule has 5 nitrogen and oxygen atoms in total. The van der Waals surface area contributed by atoms with Crippen LogP contribution in [0.15, 0.2) is 41.7 Å². The van der Waals surface area contributed by atoms with Crippen LogP contribution in [0.4, 0.5) is 0 Å². The van der Waals surface area contributed by atoms with Crippen LogP contribution < -0.4 is 0 Å². The maximum Gasteiger partial charge on any atom is 0.227 e. The quantitative estimate of drug-likeness (QED) is 0.749. The second kappa shape index (κ2) is 7.16. The third-order valence-corrected chi connectivity index (χ3v) is 7.56. The first-order valence-corrected chi connectivity index (χ1v) is 11.3. The first-order chi connectivity index (χ1) is 12.6. The first-order valence-electron chi connectivity index (χ1n) is 9.62. The van der Waals surface area contributed by atoms with Crippen LogP contribution >= 0.6 is 0 Å². The lowest BCUT2D eigenvalue weighted by Gasteiger charge is -2.27. The molecule has 6 heteroatoms. The summed E-state index contributed by atoms with van der Waals surface area (Å²) in [6, 6.07) is 10.9. The predicted octanol–water partition coefficient (Wildman–Crippen LogP) is 2.90. The Labute approximate surface area is 156 Å². The Morgan fingerprint density at radius 1 is 1.19 bits per heavy atom. The van der Waals surface area contributed by atoms with Crippen molar-refractivity contribution in [3.05, 3.63) is 47.8 Å². The number of piperidine rings is 1. The molecule has 0 radical (unpaired) electrons. The summed E-state index contributed by atoms with van der Waals surface area (Å²) in [5, 5.41) is 0.232. The third kappa shape index (κ3) is 3.45. The molecule has 1 aliphatic carbocycles. The van der Waals surface area contributed by atoms with Crippen LogP contribution in [-0.4, -0.2) is 41.2 Å². The minimum absolute atomic E-state index is 0.0865. The van der Waals surface area contributed by atoms with Gasteiger partial charge < -0.3 is 4.57 Å². The van der Waals surface area contributed by atoms with Crippen molar-refractivity contribution in [1.29, 1.82) is 0 Å². The smallest absolute Gasteiger partial charge is 0.227 e. The summed E-state index contributed by atoms with van der Waals surface area (Å²) in [7, 11) is -3.32. The van der Waals surface area contributed by atoms with E-state index in [2.05, 4.69) is 22.0 Å². The van der Waals surface area contributed by atoms with Crippen LogP contribution in [0.2, 0.25) is 0 Å². The second-order valence-corrected chi connectivity index (χ2v) is 9.76. The van der Waals surface area contributed by atoms with Crippen molar-refractivity contribution in [2.45, 2.75) is 56.9 Å². The van der Waals surface area contributed by atoms with Gasteiger partial charge >= 0.3 is 0 Å². The molecule has 2 atom stereocenters. The van der Waals surface area contributed by atoms with Crippen LogP contribution in [0.1, 0.15) is 37.4 Å². The molecule has 4 rings (SSSR count). The molecule has 2 aromatic rings. The molecule has 0 amide bonds. The third-order valence-electron chi connectivity index (χ3n) is 5.91. The van der Waals surface area contributed by atoms with Gasteiger partial charge in [-0.3, -0.25) is 4.90 Å². The predicted molar refractivity (Wildman–Crippen MR) is 102 cm³/mol. The van der Waals surface area contributed by atoms with Gasteiger partial charge in [0.2, 0.25) is 15.0 Å². The highest BCUT2D eigenvalue weighted by Gasteiger charge is 2.38. The summed E-state index contributed by atoms with van der Waals surface area (Å²) in [6.07, 6.45) is 6.52. The van der Waals surface area contributed by atoms with Crippen LogP contribution in [0.3, 0.4) is 0 Å². The summed E-state index contributed by atoms with van der Waals surface area (Å²) < 4.78 is 27.0. The van der Waals surface area contributed by atoms with E-state index in [4.69, 9.17) is 0 Å². The number of sulfone groups is 1. The lowest BCUT2D eigenvalue weighted by Crippen LogP contribution is -2.32. The van der Waals surface area contributed by atoms with Crippen molar-refractivity contribution >= 4 is 9.84 Å². The molecule has 1 aliphatic heterocycles. The number of hydrogen-bond donors (Lipinski definition) is 0. The Bertz CT molecular complexity index is 860. The average molecular weight is 374 g/mol. The Morgan fingerprint density at radius 3 is 2.65 bits per heavy atom. The zero-order chi connectivity index (χ0) is 18.1. The minimum atomic E-state index is -3.32. The fraction of sp³-hybridized carbons (Fsp3) is 0.550. The maximum atomic E-state index is 12.5. The topological polar surface area (TPSA) is 55.2 Å². The van der Waals surface area contributed by atoms with E-state index in [1.54, 1.807) is 13.1 Å². The molecule has 1 aromatic carbocycles. The van der Waals surface area contributed by atoms with E-state index in [0.717, 1.165) is 31.1 Å². The normalized spacial score (nSPS) is 23.0. The summed E-state index contributed by atoms with van der Waals surface area (Å²) in [5.41, 5.74) is 2.24. The maximum absolute atomic E-state index is 12.5. The Hall–Kier alpha value is -1.66. The number of aryl methyl sites for hydroxylation is 1. The lowest BCUT2D eigenvalue weighted by molar-refractivity contribution is 0.200. The van der Waals surface area contributed by atoms with Gasteiger partial charge in [0.15, 0.2) is 0 Å². The standard InChI is InChI=1S/C20H27N3O2S/c1-2-26(24,25)20-21-13-19(15-22-14-17-8-9-18(22)12-17)23(20)11-10-16-6-4-3-5-7-16/h3-7,13,17-18H,2,8-12,14-15H2,1H3/t17-,18-/m0/s1. The lowest BCUT2D eigenvalue weighted by atomic mass is 10.1. The zero-order valence-corrected chi connectivity index (χ0v) is 16.2. The average Bonchev–Trinajstić information content (AvgIpc) is 3.37. The number of imidazole rings is 1. The van der Waals surface area contributed by atoms with E-state index in [1.165, 1.54) is 24.8 Å². The van der Waals surface area contributed by atoms with Gasteiger partial charge in [0.05, 0.1) is 17.6 Å². The number of likely N-dealkylation sites (tertiary alicyclic amines) is 1. The van der Waals surface area contributed by atoms with E-state index in [0.29, 0.717) is 12.6 Å². The number of nitrogens with zero attached hydrogens (tertiary/aromatic N) is 3. The van der Waals surface area contributed by atoms with Crippen molar-refractivity contribution in [3.63, 3.8) is 0 Å². The molecule has 26 heavy (non-hydrogen) atoms. The van der Waals surface area contributed by atoms with Gasteiger partial charge in [-0.1, -0.05) is 37.3 Å². The van der Waals surface area contributed by atoms with Gasteiger partial charge in [0.25, 0.3) is 0 Å². The molecule has 2 fully saturated rings. The number of benzene rings is 1. The number of fused-ring (bicyclic) bond motifs is 2. The molecular weight excluding hydrogens is 346 g/mol. The van der Waals surface area contributed by atoms with Gasteiger partial charge in [0.1, 0.15) is 0 Å². The molecule has 2 heterocycles. The monoisotopic (exact) mass is 373 g/mol. The fourth-order valence-corrected chi connectivity index (χ4v) is 5.46. The SMILES string of the molecule is CCS(=O)(=O)c1ncc(CN2C[C@H]3CC[C@H]2C3)n1CCc1ccccc1. The highest BCUT2D eigenvalue weighted by Crippen LogP contribution is 2.38. The minimum Gasteiger partial charge on any atom is -0.317 e. The zero-order valence-electron chi connectivity index (χ0n) is 15.3. The second-order valence-electron chi connectivity index (χ2n) is 7.59. The largest absolute Gasteiger partial charge is 0.317 e. The van der Waals surface area contributed by atoms with Gasteiger partial charge in [-0.15, -0.1) is 0 Å². The molecule has 0 spiro atoms. The summed E-state index contributed by atoms with van der Waals surface area (Å²) in [6.45, 7) is 4.28. The molecule has 1 saturated heterocycles. The van der Waals surface area contributed by atoms with Crippen molar-refractivity contribution < 1.29 is 8.42 Å². The number of aromatic nitrogens is 2. The van der Waals surface area contributed by atoms with Crippen molar-refractivity contribution in [3.8, 4) is 0 Å². The fourth-order valence-electron chi connectivity index (χ4n) is 4.45. The summed E-state index contributed by atoms with van der Waals surface area (Å²) >= 11 is 0. The first kappa shape index (κ1) is 17.7. The molecule has 0 N–H and O–H groups in total. The van der Waals surface area contributed by atoms with Crippen molar-refractivity contribution in [2.75, 3.05) is 12.3 Å². The molecule has 2 aliphatic rings. The van der Waals surface area contributed by atoms with Gasteiger partial charge in [-0.25, -0.2) is 13.4 Å². The summed E-state index contributed by atoms with van der Waals surface area (Å²) in [4.78, 5) is 6.84. The van der Waals surface area contributed by atoms with Crippen molar-refractivity contribution in [1.82, 2.24) is 14.5 Å². The number of rotatable bonds is 7. The highest BCUT2D eigenvalue weighted by molar-refractivity contribution is 7.91. The summed E-state index contributed by atoms with van der Waals surface area (Å²) in [5.74, 6) is 0.919. The van der Waals surface area contributed by atoms with Gasteiger partial charge in [-0.2, -0.15) is 0 Å². The Kier molecular flexibility index (Phi) is 4.88. The van der Waals surface area contributed by atoms with Crippen molar-refractivity contribution in [2.24, 2.45) is 5.92 Å². The van der Waals surface area contributed by atoms with Gasteiger partial charge in [-0.05, 0) is 37.2 Å². The molecule has 0 unspecified atom stereocenters. The molecular formula is C20H27N3O2S. The van der Waals surface area contributed by atoms with Gasteiger partial charge in [0, 0.05) is 25.7 Å². The molecule has 140 valence electrons. The van der Waals surface area contributed by atoms with E-state index < -0.39 is 9.84 Å². The van der Waals surface area contributed by atoms with Crippen LogP contribution in [-0.2, 0) is 29.3 Å².